The zero-order valence-corrected chi connectivity index (χ0v) is 15.9. The van der Waals surface area contributed by atoms with Crippen molar-refractivity contribution < 1.29 is 0 Å². The van der Waals surface area contributed by atoms with Crippen molar-refractivity contribution >= 4 is 0 Å². The summed E-state index contributed by atoms with van der Waals surface area (Å²) >= 11 is 0. The van der Waals surface area contributed by atoms with E-state index >= 15 is 0 Å². The van der Waals surface area contributed by atoms with Gasteiger partial charge >= 0.3 is 0 Å². The van der Waals surface area contributed by atoms with E-state index in [1.807, 2.05) is 13.8 Å². The molecule has 0 aliphatic heterocycles. The Bertz CT molecular complexity index is 376. The number of hydrogen-bond acceptors (Lipinski definition) is 1. The van der Waals surface area contributed by atoms with Gasteiger partial charge in [-0.15, -0.1) is 0 Å². The summed E-state index contributed by atoms with van der Waals surface area (Å²) in [7, 11) is 2.16. The van der Waals surface area contributed by atoms with Crippen LogP contribution in [0.2, 0.25) is 0 Å². The molecule has 0 amide bonds. The summed E-state index contributed by atoms with van der Waals surface area (Å²) in [6.07, 6.45) is 8.97. The van der Waals surface area contributed by atoms with Crippen molar-refractivity contribution in [2.75, 3.05) is 13.6 Å². The first kappa shape index (κ1) is 22.9. The van der Waals surface area contributed by atoms with E-state index in [4.69, 9.17) is 0 Å². The average molecular weight is 304 g/mol. The summed E-state index contributed by atoms with van der Waals surface area (Å²) in [5.41, 5.74) is 2.75. The molecule has 1 heteroatoms. The fourth-order valence-electron chi connectivity index (χ4n) is 1.77. The number of hydrogen-bond donors (Lipinski definition) is 0. The van der Waals surface area contributed by atoms with E-state index in [2.05, 4.69) is 88.2 Å². The lowest BCUT2D eigenvalue weighted by atomic mass is 10.2. The van der Waals surface area contributed by atoms with Crippen molar-refractivity contribution in [3.63, 3.8) is 0 Å². The van der Waals surface area contributed by atoms with Crippen molar-refractivity contribution in [1.29, 1.82) is 0 Å². The lowest BCUT2D eigenvalue weighted by Gasteiger charge is -2.17. The Labute approximate surface area is 139 Å². The quantitative estimate of drug-likeness (QED) is 0.544. The van der Waals surface area contributed by atoms with Gasteiger partial charge in [0.05, 0.1) is 0 Å². The molecular weight excluding hydrogens is 266 g/mol. The van der Waals surface area contributed by atoms with Gasteiger partial charge in [0.25, 0.3) is 0 Å². The van der Waals surface area contributed by atoms with Gasteiger partial charge in [0.15, 0.2) is 0 Å². The molecule has 0 heterocycles. The summed E-state index contributed by atoms with van der Waals surface area (Å²) in [6, 6.07) is 10.6. The molecule has 0 bridgehead atoms. The van der Waals surface area contributed by atoms with E-state index in [9.17, 15) is 0 Å². The highest BCUT2D eigenvalue weighted by molar-refractivity contribution is 5.20. The summed E-state index contributed by atoms with van der Waals surface area (Å²) < 4.78 is 0. The molecule has 1 rings (SSSR count). The van der Waals surface area contributed by atoms with Crippen LogP contribution in [0.25, 0.3) is 0 Å². The molecule has 0 saturated heterocycles. The van der Waals surface area contributed by atoms with Gasteiger partial charge in [0.2, 0.25) is 0 Å². The molecule has 0 aliphatic carbocycles. The number of benzene rings is 1. The second-order valence-electron chi connectivity index (χ2n) is 5.04. The van der Waals surface area contributed by atoms with Crippen LogP contribution >= 0.6 is 0 Å². The zero-order chi connectivity index (χ0) is 17.2. The van der Waals surface area contributed by atoms with E-state index in [-0.39, 0.29) is 0 Å². The molecule has 0 fully saturated rings. The lowest BCUT2D eigenvalue weighted by molar-refractivity contribution is 0.357. The Hall–Kier alpha value is -1.34. The highest BCUT2D eigenvalue weighted by Crippen LogP contribution is 2.06. The normalized spacial score (nSPS) is 10.8. The molecule has 1 aromatic rings. The molecule has 0 atom stereocenters. The van der Waals surface area contributed by atoms with Gasteiger partial charge in [0.1, 0.15) is 0 Å². The molecule has 0 N–H and O–H groups in total. The monoisotopic (exact) mass is 303 g/mol. The second kappa shape index (κ2) is 17.7. The SMILES string of the molecule is C/C=C(\C=C/CC)CN(C)Cc1ccccc1.CC.CCC. The predicted molar refractivity (Wildman–Crippen MR) is 103 cm³/mol. The Balaban J connectivity index is 0. The fraction of sp³-hybridized carbons (Fsp3) is 0.524. The second-order valence-corrected chi connectivity index (χ2v) is 5.04. The molecular formula is C21H37N. The third-order valence-corrected chi connectivity index (χ3v) is 2.69. The Morgan fingerprint density at radius 3 is 2.05 bits per heavy atom. The van der Waals surface area contributed by atoms with Gasteiger partial charge in [-0.3, -0.25) is 4.90 Å². The van der Waals surface area contributed by atoms with Crippen molar-refractivity contribution in [2.24, 2.45) is 0 Å². The molecule has 1 nitrogen and oxygen atoms in total. The van der Waals surface area contributed by atoms with Crippen LogP contribution in [0, 0.1) is 0 Å². The first-order valence-electron chi connectivity index (χ1n) is 8.72. The molecule has 0 aromatic heterocycles. The minimum atomic E-state index is 0.998. The first-order chi connectivity index (χ1) is 10.7. The third-order valence-electron chi connectivity index (χ3n) is 2.69. The Morgan fingerprint density at radius 2 is 1.59 bits per heavy atom. The standard InChI is InChI=1S/C16H23N.C3H8.C2H6/c1-4-6-10-15(5-2)13-17(3)14-16-11-8-7-9-12-16;1-3-2;1-2/h5-12H,4,13-14H2,1-3H3;3H2,1-2H3;1-2H3/b10-6-,15-5+;;. The van der Waals surface area contributed by atoms with Crippen LogP contribution in [0.15, 0.2) is 54.1 Å². The average Bonchev–Trinajstić information content (AvgIpc) is 2.55. The minimum Gasteiger partial charge on any atom is -0.298 e. The van der Waals surface area contributed by atoms with E-state index in [0.29, 0.717) is 0 Å². The van der Waals surface area contributed by atoms with E-state index in [0.717, 1.165) is 19.5 Å². The minimum absolute atomic E-state index is 0.998. The number of allylic oxidation sites excluding steroid dienone is 2. The topological polar surface area (TPSA) is 3.24 Å². The number of likely N-dealkylation sites (N-methyl/N-ethyl adjacent to an activating group) is 1. The molecule has 0 aliphatic rings. The third kappa shape index (κ3) is 13.6. The first-order valence-corrected chi connectivity index (χ1v) is 8.72. The maximum absolute atomic E-state index is 2.34. The molecule has 1 aromatic carbocycles. The largest absolute Gasteiger partial charge is 0.298 e. The van der Waals surface area contributed by atoms with Gasteiger partial charge in [-0.2, -0.15) is 0 Å². The Kier molecular flexibility index (Phi) is 18.5. The van der Waals surface area contributed by atoms with Crippen molar-refractivity contribution in [3.05, 3.63) is 59.7 Å². The van der Waals surface area contributed by atoms with Gasteiger partial charge < -0.3 is 0 Å². The van der Waals surface area contributed by atoms with Crippen LogP contribution < -0.4 is 0 Å². The molecule has 0 saturated carbocycles. The molecule has 0 unspecified atom stereocenters. The van der Waals surface area contributed by atoms with Crippen molar-refractivity contribution in [1.82, 2.24) is 4.90 Å². The van der Waals surface area contributed by atoms with E-state index < -0.39 is 0 Å². The predicted octanol–water partition coefficient (Wildman–Crippen LogP) is 6.47. The molecule has 0 radical (unpaired) electrons. The van der Waals surface area contributed by atoms with Crippen LogP contribution in [0.1, 0.15) is 59.9 Å². The van der Waals surface area contributed by atoms with Crippen LogP contribution in [0.4, 0.5) is 0 Å². The zero-order valence-electron chi connectivity index (χ0n) is 15.9. The number of rotatable bonds is 6. The van der Waals surface area contributed by atoms with E-state index in [1.165, 1.54) is 17.6 Å². The van der Waals surface area contributed by atoms with Crippen LogP contribution in [-0.2, 0) is 6.54 Å². The highest BCUT2D eigenvalue weighted by Gasteiger charge is 2.01. The Morgan fingerprint density at radius 1 is 1.05 bits per heavy atom. The summed E-state index contributed by atoms with van der Waals surface area (Å²) in [6.45, 7) is 14.5. The summed E-state index contributed by atoms with van der Waals surface area (Å²) in [4.78, 5) is 2.34. The number of nitrogens with zero attached hydrogens (tertiary/aromatic N) is 1. The van der Waals surface area contributed by atoms with Crippen molar-refractivity contribution in [3.8, 4) is 0 Å². The van der Waals surface area contributed by atoms with Gasteiger partial charge in [-0.1, -0.05) is 89.6 Å². The maximum atomic E-state index is 2.34. The molecule has 126 valence electrons. The smallest absolute Gasteiger partial charge is 0.0234 e. The van der Waals surface area contributed by atoms with Gasteiger partial charge in [-0.25, -0.2) is 0 Å². The van der Waals surface area contributed by atoms with Crippen molar-refractivity contribution in [2.45, 2.75) is 60.9 Å². The molecule has 22 heavy (non-hydrogen) atoms. The van der Waals surface area contributed by atoms with Crippen LogP contribution in [0.3, 0.4) is 0 Å². The van der Waals surface area contributed by atoms with Gasteiger partial charge in [0, 0.05) is 13.1 Å². The highest BCUT2D eigenvalue weighted by atomic mass is 15.1. The van der Waals surface area contributed by atoms with Crippen LogP contribution in [0.5, 0.6) is 0 Å². The van der Waals surface area contributed by atoms with Gasteiger partial charge in [-0.05, 0) is 31.5 Å². The lowest BCUT2D eigenvalue weighted by Crippen LogP contribution is -2.20. The van der Waals surface area contributed by atoms with E-state index in [1.54, 1.807) is 0 Å². The summed E-state index contributed by atoms with van der Waals surface area (Å²) in [5.74, 6) is 0. The summed E-state index contributed by atoms with van der Waals surface area (Å²) in [5, 5.41) is 0. The maximum Gasteiger partial charge on any atom is 0.0234 e. The van der Waals surface area contributed by atoms with Crippen LogP contribution in [-0.4, -0.2) is 18.5 Å². The molecule has 0 spiro atoms. The fourth-order valence-corrected chi connectivity index (χ4v) is 1.77.